The lowest BCUT2D eigenvalue weighted by atomic mass is 9.95. The lowest BCUT2D eigenvalue weighted by Crippen LogP contribution is -2.50. The number of nitrogens with zero attached hydrogens (tertiary/aromatic N) is 3. The quantitative estimate of drug-likeness (QED) is 0.337. The number of halogens is 2. The molecule has 1 unspecified atom stereocenters. The highest BCUT2D eigenvalue weighted by atomic mass is 127. The van der Waals surface area contributed by atoms with Crippen LogP contribution in [0.1, 0.15) is 26.7 Å². The van der Waals surface area contributed by atoms with E-state index in [1.165, 1.54) is 12.1 Å². The highest BCUT2D eigenvalue weighted by Crippen LogP contribution is 2.20. The second kappa shape index (κ2) is 13.0. The molecule has 9 heteroatoms. The maximum atomic E-state index is 13.0. The summed E-state index contributed by atoms with van der Waals surface area (Å²) < 4.78 is 24.2. The van der Waals surface area contributed by atoms with E-state index in [0.717, 1.165) is 38.4 Å². The monoisotopic (exact) mass is 548 g/mol. The summed E-state index contributed by atoms with van der Waals surface area (Å²) >= 11 is 0. The van der Waals surface area contributed by atoms with Gasteiger partial charge in [0.25, 0.3) is 0 Å². The van der Waals surface area contributed by atoms with Crippen molar-refractivity contribution in [2.45, 2.75) is 32.8 Å². The van der Waals surface area contributed by atoms with Gasteiger partial charge >= 0.3 is 0 Å². The third kappa shape index (κ3) is 7.78. The number of nitrogens with one attached hydrogen (secondary N) is 1. The summed E-state index contributed by atoms with van der Waals surface area (Å²) in [5, 5.41) is 3.35. The van der Waals surface area contributed by atoms with Gasteiger partial charge in [-0.25, -0.2) is 9.38 Å². The van der Waals surface area contributed by atoms with E-state index >= 15 is 0 Å². The van der Waals surface area contributed by atoms with Gasteiger partial charge in [0.05, 0.1) is 19.8 Å². The number of morpholine rings is 1. The molecule has 2 saturated heterocycles. The molecule has 1 aromatic rings. The summed E-state index contributed by atoms with van der Waals surface area (Å²) in [6.45, 7) is 9.56. The van der Waals surface area contributed by atoms with E-state index in [9.17, 15) is 9.18 Å². The molecule has 2 fully saturated rings. The normalized spacial score (nSPS) is 18.9. The number of amides is 1. The minimum absolute atomic E-state index is 0. The van der Waals surface area contributed by atoms with Gasteiger partial charge in [-0.2, -0.15) is 0 Å². The van der Waals surface area contributed by atoms with Crippen molar-refractivity contribution < 1.29 is 18.7 Å². The Hall–Kier alpha value is -1.62. The highest BCUT2D eigenvalue weighted by Gasteiger charge is 2.30. The van der Waals surface area contributed by atoms with Gasteiger partial charge in [-0.15, -0.1) is 24.0 Å². The number of piperidine rings is 1. The first-order valence-corrected chi connectivity index (χ1v) is 10.9. The van der Waals surface area contributed by atoms with Crippen molar-refractivity contribution in [3.8, 4) is 5.75 Å². The lowest BCUT2D eigenvalue weighted by molar-refractivity contribution is -0.140. The maximum Gasteiger partial charge on any atom is 0.225 e. The summed E-state index contributed by atoms with van der Waals surface area (Å²) in [6, 6.07) is 6.02. The molecule has 2 aliphatic rings. The lowest BCUT2D eigenvalue weighted by Gasteiger charge is -2.36. The first-order valence-electron chi connectivity index (χ1n) is 10.9. The topological polar surface area (TPSA) is 66.4 Å². The van der Waals surface area contributed by atoms with Gasteiger partial charge in [0.2, 0.25) is 5.91 Å². The SMILES string of the molecule is CCNC(=NCC(C)Oc1ccc(F)cc1)N1CCC(C(=O)N2CCOCC2)CC1.I. The van der Waals surface area contributed by atoms with Crippen LogP contribution in [0.15, 0.2) is 29.3 Å². The van der Waals surface area contributed by atoms with Crippen LogP contribution in [-0.4, -0.2) is 80.3 Å². The zero-order valence-corrected chi connectivity index (χ0v) is 20.7. The van der Waals surface area contributed by atoms with Crippen LogP contribution in [0.4, 0.5) is 4.39 Å². The Labute approximate surface area is 201 Å². The summed E-state index contributed by atoms with van der Waals surface area (Å²) in [7, 11) is 0. The van der Waals surface area contributed by atoms with Crippen molar-refractivity contribution in [1.29, 1.82) is 0 Å². The summed E-state index contributed by atoms with van der Waals surface area (Å²) in [5.74, 6) is 1.55. The Morgan fingerprint density at radius 2 is 1.84 bits per heavy atom. The summed E-state index contributed by atoms with van der Waals surface area (Å²) in [6.07, 6.45) is 1.54. The van der Waals surface area contributed by atoms with Crippen LogP contribution >= 0.6 is 24.0 Å². The Morgan fingerprint density at radius 1 is 1.19 bits per heavy atom. The van der Waals surface area contributed by atoms with Crippen molar-refractivity contribution in [3.05, 3.63) is 30.1 Å². The number of ether oxygens (including phenoxy) is 2. The van der Waals surface area contributed by atoms with Gasteiger partial charge in [-0.05, 0) is 51.0 Å². The molecular weight excluding hydrogens is 514 g/mol. The summed E-state index contributed by atoms with van der Waals surface area (Å²) in [4.78, 5) is 21.6. The maximum absolute atomic E-state index is 13.0. The molecular formula is C22H34FIN4O3. The zero-order valence-electron chi connectivity index (χ0n) is 18.4. The molecule has 31 heavy (non-hydrogen) atoms. The van der Waals surface area contributed by atoms with Crippen molar-refractivity contribution in [2.24, 2.45) is 10.9 Å². The number of benzene rings is 1. The first kappa shape index (κ1) is 25.6. The number of rotatable bonds is 6. The average Bonchev–Trinajstić information content (AvgIpc) is 2.78. The fraction of sp³-hybridized carbons (Fsp3) is 0.636. The Balaban J connectivity index is 0.00000341. The number of carbonyl (C=O) groups is 1. The Morgan fingerprint density at radius 3 is 2.45 bits per heavy atom. The third-order valence-corrected chi connectivity index (χ3v) is 5.45. The Bertz CT molecular complexity index is 705. The molecule has 0 spiro atoms. The van der Waals surface area contributed by atoms with Crippen molar-refractivity contribution in [3.63, 3.8) is 0 Å². The van der Waals surface area contributed by atoms with Crippen LogP contribution in [0.2, 0.25) is 0 Å². The Kier molecular flexibility index (Phi) is 10.8. The molecule has 2 aliphatic heterocycles. The fourth-order valence-corrected chi connectivity index (χ4v) is 3.80. The number of carbonyl (C=O) groups excluding carboxylic acids is 1. The molecule has 0 bridgehead atoms. The second-order valence-electron chi connectivity index (χ2n) is 7.78. The fourth-order valence-electron chi connectivity index (χ4n) is 3.80. The molecule has 1 atom stereocenters. The van der Waals surface area contributed by atoms with Gasteiger partial charge in [-0.1, -0.05) is 0 Å². The highest BCUT2D eigenvalue weighted by molar-refractivity contribution is 14.0. The van der Waals surface area contributed by atoms with Gasteiger partial charge in [0, 0.05) is 38.6 Å². The first-order chi connectivity index (χ1) is 14.6. The van der Waals surface area contributed by atoms with E-state index < -0.39 is 0 Å². The number of guanidine groups is 1. The molecule has 7 nitrogen and oxygen atoms in total. The molecule has 1 amide bonds. The van der Waals surface area contributed by atoms with Gasteiger partial charge < -0.3 is 24.6 Å². The van der Waals surface area contributed by atoms with E-state index in [4.69, 9.17) is 14.5 Å². The van der Waals surface area contributed by atoms with Crippen LogP contribution in [0, 0.1) is 11.7 Å². The van der Waals surface area contributed by atoms with Crippen LogP contribution in [0.5, 0.6) is 5.75 Å². The molecule has 0 aromatic heterocycles. The van der Waals surface area contributed by atoms with Crippen molar-refractivity contribution >= 4 is 35.8 Å². The minimum Gasteiger partial charge on any atom is -0.489 e. The minimum atomic E-state index is -0.280. The second-order valence-corrected chi connectivity index (χ2v) is 7.78. The predicted octanol–water partition coefficient (Wildman–Crippen LogP) is 2.75. The van der Waals surface area contributed by atoms with Crippen LogP contribution in [0.3, 0.4) is 0 Å². The van der Waals surface area contributed by atoms with Gasteiger partial charge in [-0.3, -0.25) is 4.79 Å². The molecule has 174 valence electrons. The number of hydrogen-bond acceptors (Lipinski definition) is 4. The predicted molar refractivity (Wildman–Crippen MR) is 130 cm³/mol. The van der Waals surface area contributed by atoms with Gasteiger partial charge in [0.1, 0.15) is 17.7 Å². The van der Waals surface area contributed by atoms with Crippen LogP contribution < -0.4 is 10.1 Å². The number of hydrogen-bond donors (Lipinski definition) is 1. The molecule has 2 heterocycles. The number of aliphatic imine (C=N–C) groups is 1. The van der Waals surface area contributed by atoms with Crippen molar-refractivity contribution in [2.75, 3.05) is 52.5 Å². The molecule has 3 rings (SSSR count). The molecule has 1 N–H and O–H groups in total. The van der Waals surface area contributed by atoms with Crippen LogP contribution in [-0.2, 0) is 9.53 Å². The van der Waals surface area contributed by atoms with E-state index in [-0.39, 0.29) is 47.7 Å². The largest absolute Gasteiger partial charge is 0.489 e. The molecule has 0 saturated carbocycles. The molecule has 0 radical (unpaired) electrons. The van der Waals surface area contributed by atoms with Crippen molar-refractivity contribution in [1.82, 2.24) is 15.1 Å². The van der Waals surface area contributed by atoms with Crippen LogP contribution in [0.25, 0.3) is 0 Å². The number of likely N-dealkylation sites (tertiary alicyclic amines) is 1. The standard InChI is InChI=1S/C22H33FN4O3.HI/c1-3-24-22(25-16-17(2)30-20-6-4-19(23)5-7-20)27-10-8-18(9-11-27)21(28)26-12-14-29-15-13-26;/h4-7,17-18H,3,8-16H2,1-2H3,(H,24,25);1H. The van der Waals surface area contributed by atoms with E-state index in [1.54, 1.807) is 12.1 Å². The van der Waals surface area contributed by atoms with E-state index in [1.807, 2.05) is 18.7 Å². The smallest absolute Gasteiger partial charge is 0.225 e. The molecule has 1 aromatic carbocycles. The van der Waals surface area contributed by atoms with E-state index in [0.29, 0.717) is 38.6 Å². The van der Waals surface area contributed by atoms with Gasteiger partial charge in [0.15, 0.2) is 5.96 Å². The average molecular weight is 548 g/mol. The molecule has 0 aliphatic carbocycles. The van der Waals surface area contributed by atoms with E-state index in [2.05, 4.69) is 10.2 Å². The third-order valence-electron chi connectivity index (χ3n) is 5.45. The summed E-state index contributed by atoms with van der Waals surface area (Å²) in [5.41, 5.74) is 0. The zero-order chi connectivity index (χ0) is 21.3.